The van der Waals surface area contributed by atoms with Crippen molar-refractivity contribution in [2.75, 3.05) is 31.0 Å². The van der Waals surface area contributed by atoms with E-state index in [1.54, 1.807) is 23.1 Å². The van der Waals surface area contributed by atoms with E-state index in [1.807, 2.05) is 19.1 Å². The summed E-state index contributed by atoms with van der Waals surface area (Å²) >= 11 is 0.931. The number of ether oxygens (including phenoxy) is 1. The summed E-state index contributed by atoms with van der Waals surface area (Å²) in [5, 5.41) is 0. The molecule has 0 atom stereocenters. The van der Waals surface area contributed by atoms with Crippen molar-refractivity contribution in [1.29, 1.82) is 0 Å². The topological polar surface area (TPSA) is 97.7 Å². The lowest BCUT2D eigenvalue weighted by Gasteiger charge is -2.26. The van der Waals surface area contributed by atoms with Gasteiger partial charge in [-0.2, -0.15) is 0 Å². The Morgan fingerprint density at radius 1 is 1.16 bits per heavy atom. The average Bonchev–Trinajstić information content (AvgIpc) is 3.08. The molecule has 3 aromatic rings. The normalized spacial score (nSPS) is 14.7. The lowest BCUT2D eigenvalue weighted by Crippen LogP contribution is -2.43. The number of para-hydroxylation sites is 1. The molecule has 1 N–H and O–H groups in total. The summed E-state index contributed by atoms with van der Waals surface area (Å²) in [5.41, 5.74) is 1.97. The zero-order chi connectivity index (χ0) is 22.0. The number of fused-ring (bicyclic) bond motifs is 1. The number of aryl methyl sites for hydroxylation is 1. The molecule has 1 amide bonds. The minimum atomic E-state index is -3.82. The molecule has 1 saturated heterocycles. The largest absolute Gasteiger partial charge is 0.378 e. The minimum absolute atomic E-state index is 0.0683. The number of anilines is 1. The Morgan fingerprint density at radius 2 is 1.90 bits per heavy atom. The third kappa shape index (κ3) is 4.51. The molecule has 164 valence electrons. The van der Waals surface area contributed by atoms with Crippen LogP contribution in [0.1, 0.15) is 12.5 Å². The fourth-order valence-electron chi connectivity index (χ4n) is 3.54. The molecule has 4 rings (SSSR count). The van der Waals surface area contributed by atoms with Crippen molar-refractivity contribution in [2.45, 2.75) is 24.8 Å². The number of carbonyl (C=O) groups is 1. The van der Waals surface area contributed by atoms with Crippen molar-refractivity contribution < 1.29 is 17.9 Å². The number of thiazole rings is 1. The molecular weight excluding hydrogens is 438 g/mol. The zero-order valence-electron chi connectivity index (χ0n) is 17.0. The lowest BCUT2D eigenvalue weighted by atomic mass is 10.1. The number of hydrogen-bond donors (Lipinski definition) is 1. The monoisotopic (exact) mass is 461 g/mol. The summed E-state index contributed by atoms with van der Waals surface area (Å²) in [5.74, 6) is -0.153. The first-order valence-electron chi connectivity index (χ1n) is 9.98. The highest BCUT2D eigenvalue weighted by Gasteiger charge is 2.21. The Balaban J connectivity index is 1.61. The van der Waals surface area contributed by atoms with Crippen molar-refractivity contribution in [2.24, 2.45) is 0 Å². The van der Waals surface area contributed by atoms with Crippen LogP contribution in [0.3, 0.4) is 0 Å². The highest BCUT2D eigenvalue weighted by Crippen LogP contribution is 2.25. The van der Waals surface area contributed by atoms with E-state index in [9.17, 15) is 18.0 Å². The standard InChI is InChI=1S/C21H23N3O5S2/c1-2-15-5-3-4-6-17(15)22-31(27,28)16-7-8-18-19(13-16)30-21(26)24(18)14-20(25)23-9-11-29-12-10-23/h3-8,13,22H,2,9-12,14H2,1H3. The fraction of sp³-hybridized carbons (Fsp3) is 0.333. The number of rotatable bonds is 6. The quantitative estimate of drug-likeness (QED) is 0.607. The Bertz CT molecular complexity index is 1270. The van der Waals surface area contributed by atoms with E-state index in [1.165, 1.54) is 16.7 Å². The summed E-state index contributed by atoms with van der Waals surface area (Å²) in [6.45, 7) is 3.86. The number of hydrogen-bond acceptors (Lipinski definition) is 6. The first-order valence-corrected chi connectivity index (χ1v) is 12.3. The molecule has 0 radical (unpaired) electrons. The number of morpholine rings is 1. The van der Waals surface area contributed by atoms with Crippen LogP contribution in [0.4, 0.5) is 5.69 Å². The summed E-state index contributed by atoms with van der Waals surface area (Å²) in [6.07, 6.45) is 0.694. The number of nitrogens with one attached hydrogen (secondary N) is 1. The van der Waals surface area contributed by atoms with Crippen LogP contribution >= 0.6 is 11.3 Å². The molecule has 1 fully saturated rings. The van der Waals surface area contributed by atoms with Gasteiger partial charge in [0, 0.05) is 13.1 Å². The van der Waals surface area contributed by atoms with Crippen LogP contribution in [0.5, 0.6) is 0 Å². The van der Waals surface area contributed by atoms with E-state index >= 15 is 0 Å². The molecule has 0 spiro atoms. The van der Waals surface area contributed by atoms with Gasteiger partial charge in [-0.3, -0.25) is 18.9 Å². The van der Waals surface area contributed by atoms with Crippen molar-refractivity contribution in [3.63, 3.8) is 0 Å². The molecule has 1 aliphatic heterocycles. The highest BCUT2D eigenvalue weighted by molar-refractivity contribution is 7.92. The molecule has 31 heavy (non-hydrogen) atoms. The van der Waals surface area contributed by atoms with Crippen LogP contribution in [-0.2, 0) is 32.5 Å². The van der Waals surface area contributed by atoms with Crippen LogP contribution in [0.15, 0.2) is 52.2 Å². The van der Waals surface area contributed by atoms with Gasteiger partial charge in [0.05, 0.1) is 34.0 Å². The number of sulfonamides is 1. The van der Waals surface area contributed by atoms with E-state index in [2.05, 4.69) is 4.72 Å². The number of carbonyl (C=O) groups excluding carboxylic acids is 1. The van der Waals surface area contributed by atoms with E-state index < -0.39 is 10.0 Å². The van der Waals surface area contributed by atoms with Gasteiger partial charge in [0.1, 0.15) is 6.54 Å². The number of benzene rings is 2. The Kier molecular flexibility index (Phi) is 6.12. The van der Waals surface area contributed by atoms with Gasteiger partial charge >= 0.3 is 4.87 Å². The Hall–Kier alpha value is -2.69. The second-order valence-electron chi connectivity index (χ2n) is 7.19. The summed E-state index contributed by atoms with van der Waals surface area (Å²) < 4.78 is 35.7. The second kappa shape index (κ2) is 8.81. The molecule has 2 aromatic carbocycles. The second-order valence-corrected chi connectivity index (χ2v) is 9.87. The van der Waals surface area contributed by atoms with Gasteiger partial charge in [-0.1, -0.05) is 36.5 Å². The molecule has 1 aliphatic rings. The lowest BCUT2D eigenvalue weighted by molar-refractivity contribution is -0.135. The number of aromatic nitrogens is 1. The molecule has 0 aliphatic carbocycles. The van der Waals surface area contributed by atoms with Crippen molar-refractivity contribution in [3.05, 3.63) is 57.7 Å². The average molecular weight is 462 g/mol. The maximum atomic E-state index is 12.9. The molecule has 0 saturated carbocycles. The van der Waals surface area contributed by atoms with Crippen molar-refractivity contribution >= 4 is 43.2 Å². The predicted molar refractivity (Wildman–Crippen MR) is 120 cm³/mol. The van der Waals surface area contributed by atoms with E-state index in [-0.39, 0.29) is 22.2 Å². The first-order chi connectivity index (χ1) is 14.9. The third-order valence-electron chi connectivity index (χ3n) is 5.25. The minimum Gasteiger partial charge on any atom is -0.378 e. The fourth-order valence-corrected chi connectivity index (χ4v) is 5.67. The third-order valence-corrected chi connectivity index (χ3v) is 7.55. The highest BCUT2D eigenvalue weighted by atomic mass is 32.2. The van der Waals surface area contributed by atoms with Crippen LogP contribution < -0.4 is 9.60 Å². The molecule has 1 aromatic heterocycles. The van der Waals surface area contributed by atoms with Crippen molar-refractivity contribution in [3.8, 4) is 0 Å². The molecular formula is C21H23N3O5S2. The SMILES string of the molecule is CCc1ccccc1NS(=O)(=O)c1ccc2c(c1)sc(=O)n2CC(=O)N1CCOCC1. The van der Waals surface area contributed by atoms with Crippen molar-refractivity contribution in [1.82, 2.24) is 9.47 Å². The van der Waals surface area contributed by atoms with Crippen LogP contribution in [0, 0.1) is 0 Å². The van der Waals surface area contributed by atoms with Gasteiger partial charge in [-0.25, -0.2) is 8.42 Å². The van der Waals surface area contributed by atoms with Crippen LogP contribution in [0.2, 0.25) is 0 Å². The Labute approximate surface area is 184 Å². The molecule has 0 unspecified atom stereocenters. The zero-order valence-corrected chi connectivity index (χ0v) is 18.7. The molecule has 2 heterocycles. The van der Waals surface area contributed by atoms with E-state index in [4.69, 9.17) is 4.74 Å². The molecule has 0 bridgehead atoms. The number of amides is 1. The molecule has 8 nitrogen and oxygen atoms in total. The summed E-state index contributed by atoms with van der Waals surface area (Å²) in [7, 11) is -3.82. The van der Waals surface area contributed by atoms with Gasteiger partial charge in [0.15, 0.2) is 0 Å². The first kappa shape index (κ1) is 21.5. The Morgan fingerprint density at radius 3 is 2.65 bits per heavy atom. The summed E-state index contributed by atoms with van der Waals surface area (Å²) in [6, 6.07) is 11.8. The smallest absolute Gasteiger partial charge is 0.308 e. The van der Waals surface area contributed by atoms with E-state index in [0.717, 1.165) is 16.9 Å². The van der Waals surface area contributed by atoms with Gasteiger partial charge in [-0.15, -0.1) is 0 Å². The maximum Gasteiger partial charge on any atom is 0.308 e. The number of nitrogens with zero attached hydrogens (tertiary/aromatic N) is 2. The van der Waals surface area contributed by atoms with Crippen LogP contribution in [-0.4, -0.2) is 50.1 Å². The van der Waals surface area contributed by atoms with E-state index in [0.29, 0.717) is 48.6 Å². The van der Waals surface area contributed by atoms with Gasteiger partial charge in [0.2, 0.25) is 5.91 Å². The van der Waals surface area contributed by atoms with Gasteiger partial charge in [0.25, 0.3) is 10.0 Å². The maximum absolute atomic E-state index is 12.9. The van der Waals surface area contributed by atoms with Gasteiger partial charge < -0.3 is 9.64 Å². The molecule has 10 heteroatoms. The summed E-state index contributed by atoms with van der Waals surface area (Å²) in [4.78, 5) is 26.5. The van der Waals surface area contributed by atoms with Crippen LogP contribution in [0.25, 0.3) is 10.2 Å². The predicted octanol–water partition coefficient (Wildman–Crippen LogP) is 2.29. The van der Waals surface area contributed by atoms with Gasteiger partial charge in [-0.05, 0) is 36.2 Å².